The second-order valence-electron chi connectivity index (χ2n) is 4.05. The number of rotatable bonds is 3. The monoisotopic (exact) mass is 477 g/mol. The van der Waals surface area contributed by atoms with Gasteiger partial charge in [-0.1, -0.05) is 0 Å². The van der Waals surface area contributed by atoms with Crippen LogP contribution in [0.25, 0.3) is 0 Å². The van der Waals surface area contributed by atoms with E-state index in [0.29, 0.717) is 0 Å². The summed E-state index contributed by atoms with van der Waals surface area (Å²) in [7, 11) is 15.0. The molecule has 4 heteroatoms. The summed E-state index contributed by atoms with van der Waals surface area (Å²) in [6.45, 7) is 2.05. The molecule has 18 heavy (non-hydrogen) atoms. The molecular weight excluding hydrogens is 464 g/mol. The Morgan fingerprint density at radius 3 is 1.72 bits per heavy atom. The molecule has 0 unspecified atom stereocenters. The van der Waals surface area contributed by atoms with Crippen LogP contribution in [0.2, 0.25) is 0 Å². The predicted octanol–water partition coefficient (Wildman–Crippen LogP) is 3.04. The van der Waals surface area contributed by atoms with Crippen molar-refractivity contribution in [1.29, 1.82) is 0 Å². The molecule has 2 rings (SSSR count). The second kappa shape index (κ2) is 5.78. The van der Waals surface area contributed by atoms with E-state index >= 15 is 0 Å². The van der Waals surface area contributed by atoms with E-state index in [4.69, 9.17) is 21.8 Å². The van der Waals surface area contributed by atoms with Crippen LogP contribution >= 0.6 is 17.0 Å². The summed E-state index contributed by atoms with van der Waals surface area (Å²) >= 11 is -3.50. The van der Waals surface area contributed by atoms with Gasteiger partial charge in [0.15, 0.2) is 0 Å². The van der Waals surface area contributed by atoms with Gasteiger partial charge in [0.1, 0.15) is 0 Å². The molecule has 0 aliphatic carbocycles. The molecular formula is C14H14BiCl2O. The fourth-order valence-corrected chi connectivity index (χ4v) is 10.8. The number of hydrogen-bond donors (Lipinski definition) is 0. The molecule has 0 aliphatic rings. The molecule has 0 atom stereocenters. The molecule has 95 valence electrons. The Morgan fingerprint density at radius 1 is 0.833 bits per heavy atom. The number of hydrogen-bond acceptors (Lipinski definition) is 1. The van der Waals surface area contributed by atoms with Crippen molar-refractivity contribution in [1.82, 2.24) is 0 Å². The third-order valence-electron chi connectivity index (χ3n) is 2.75. The molecule has 0 fully saturated rings. The zero-order chi connectivity index (χ0) is 13.2. The van der Waals surface area contributed by atoms with Crippen LogP contribution in [-0.4, -0.2) is 25.0 Å². The molecule has 0 saturated carbocycles. The molecule has 0 spiro atoms. The fourth-order valence-electron chi connectivity index (χ4n) is 1.65. The van der Waals surface area contributed by atoms with Crippen LogP contribution in [-0.2, 0) is 0 Å². The average molecular weight is 478 g/mol. The molecule has 0 aromatic heterocycles. The van der Waals surface area contributed by atoms with E-state index < -0.39 is 17.9 Å². The molecule has 0 heterocycles. The Hall–Kier alpha value is -0.297. The van der Waals surface area contributed by atoms with Crippen LogP contribution in [0.5, 0.6) is 5.75 Å². The van der Waals surface area contributed by atoms with Gasteiger partial charge in [0.2, 0.25) is 0 Å². The van der Waals surface area contributed by atoms with Gasteiger partial charge in [-0.25, -0.2) is 0 Å². The molecule has 1 nitrogen and oxygen atoms in total. The Kier molecular flexibility index (Phi) is 4.53. The van der Waals surface area contributed by atoms with Crippen LogP contribution in [0.15, 0.2) is 48.5 Å². The predicted molar refractivity (Wildman–Crippen MR) is 80.9 cm³/mol. The van der Waals surface area contributed by atoms with Gasteiger partial charge < -0.3 is 0 Å². The first-order valence-corrected chi connectivity index (χ1v) is 17.6. The van der Waals surface area contributed by atoms with Gasteiger partial charge in [-0.15, -0.1) is 0 Å². The maximum absolute atomic E-state index is 6.67. The first-order valence-electron chi connectivity index (χ1n) is 5.54. The summed E-state index contributed by atoms with van der Waals surface area (Å²) in [6, 6.07) is 15.9. The molecule has 0 N–H and O–H groups in total. The summed E-state index contributed by atoms with van der Waals surface area (Å²) in [5.41, 5.74) is 1.21. The Labute approximate surface area is 119 Å². The molecule has 0 saturated heterocycles. The Bertz CT molecular complexity index is 520. The van der Waals surface area contributed by atoms with E-state index in [-0.39, 0.29) is 0 Å². The Balaban J connectivity index is 2.37. The summed E-state index contributed by atoms with van der Waals surface area (Å²) < 4.78 is 7.26. The first-order chi connectivity index (χ1) is 8.54. The third kappa shape index (κ3) is 2.99. The Morgan fingerprint density at radius 2 is 1.28 bits per heavy atom. The van der Waals surface area contributed by atoms with E-state index in [1.54, 1.807) is 7.11 Å². The number of aryl methyl sites for hydroxylation is 1. The molecule has 0 bridgehead atoms. The molecule has 0 amide bonds. The van der Waals surface area contributed by atoms with Crippen LogP contribution in [0, 0.1) is 6.92 Å². The van der Waals surface area contributed by atoms with Crippen molar-refractivity contribution in [2.45, 2.75) is 6.92 Å². The van der Waals surface area contributed by atoms with Gasteiger partial charge >= 0.3 is 120 Å². The third-order valence-corrected chi connectivity index (χ3v) is 17.0. The molecule has 2 aromatic rings. The van der Waals surface area contributed by atoms with Gasteiger partial charge in [-0.2, -0.15) is 0 Å². The van der Waals surface area contributed by atoms with Crippen molar-refractivity contribution < 1.29 is 4.74 Å². The van der Waals surface area contributed by atoms with Crippen LogP contribution in [0.3, 0.4) is 0 Å². The number of benzene rings is 2. The van der Waals surface area contributed by atoms with Crippen molar-refractivity contribution in [3.05, 3.63) is 54.1 Å². The van der Waals surface area contributed by atoms with Crippen molar-refractivity contribution in [2.75, 3.05) is 7.11 Å². The molecule has 0 aliphatic heterocycles. The van der Waals surface area contributed by atoms with Crippen molar-refractivity contribution in [2.24, 2.45) is 0 Å². The summed E-state index contributed by atoms with van der Waals surface area (Å²) in [5, 5.41) is 0. The first kappa shape index (κ1) is 14.1. The van der Waals surface area contributed by atoms with Gasteiger partial charge in [0.05, 0.1) is 0 Å². The van der Waals surface area contributed by atoms with E-state index in [0.717, 1.165) is 12.3 Å². The number of halogens is 2. The van der Waals surface area contributed by atoms with Crippen molar-refractivity contribution in [3.63, 3.8) is 0 Å². The quantitative estimate of drug-likeness (QED) is 0.617. The van der Waals surface area contributed by atoms with E-state index in [1.807, 2.05) is 36.4 Å². The number of methoxy groups -OCH3 is 1. The van der Waals surface area contributed by atoms with Crippen molar-refractivity contribution >= 4 is 41.4 Å². The summed E-state index contributed by atoms with van der Waals surface area (Å²) in [6.07, 6.45) is 0. The molecule has 2 aromatic carbocycles. The van der Waals surface area contributed by atoms with Crippen LogP contribution in [0.1, 0.15) is 5.56 Å². The minimum atomic E-state index is -3.50. The van der Waals surface area contributed by atoms with Gasteiger partial charge in [0, 0.05) is 0 Å². The SMILES string of the molecule is COc1cc[c]([Bi]([Cl])([Cl])[c]2ccc(C)cc2)cc1. The number of ether oxygens (including phenoxy) is 1. The van der Waals surface area contributed by atoms with Crippen molar-refractivity contribution in [3.8, 4) is 5.75 Å². The average Bonchev–Trinajstić information content (AvgIpc) is 2.39. The summed E-state index contributed by atoms with van der Waals surface area (Å²) in [5.74, 6) is 0.819. The molecule has 1 radical (unpaired) electrons. The van der Waals surface area contributed by atoms with Gasteiger partial charge in [0.25, 0.3) is 0 Å². The van der Waals surface area contributed by atoms with E-state index in [1.165, 1.54) is 5.56 Å². The van der Waals surface area contributed by atoms with Crippen LogP contribution < -0.4 is 11.3 Å². The standard InChI is InChI=1S/C7H7O.C7H7.Bi.2ClH/c1-8-7-5-3-2-4-6-7;1-7-5-3-2-4-6-7;;;/h3-6H,1H3;3-6H,1H3;;2*1H/q;;+2;;/p-2. The van der Waals surface area contributed by atoms with E-state index in [9.17, 15) is 0 Å². The van der Waals surface area contributed by atoms with Gasteiger partial charge in [-0.05, 0) is 0 Å². The zero-order valence-corrected chi connectivity index (χ0v) is 15.2. The second-order valence-corrected chi connectivity index (χ2v) is 22.5. The topological polar surface area (TPSA) is 9.23 Å². The van der Waals surface area contributed by atoms with Crippen LogP contribution in [0.4, 0.5) is 0 Å². The zero-order valence-electron chi connectivity index (χ0n) is 10.2. The normalized spacial score (nSPS) is 11.3. The van der Waals surface area contributed by atoms with Gasteiger partial charge in [-0.3, -0.25) is 0 Å². The minimum absolute atomic E-state index is 0.819. The summed E-state index contributed by atoms with van der Waals surface area (Å²) in [4.78, 5) is 0. The van der Waals surface area contributed by atoms with E-state index in [2.05, 4.69) is 19.1 Å². The maximum atomic E-state index is 6.67. The fraction of sp³-hybridized carbons (Fsp3) is 0.143.